The lowest BCUT2D eigenvalue weighted by Crippen LogP contribution is -2.61. The molecule has 0 aliphatic heterocycles. The fourth-order valence-corrected chi connectivity index (χ4v) is 11.0. The SMILES string of the molecule is CC(C)CCCC(C)C1CCC2C3CC(NCCCNCCCCNCCCN)C4CC(O)CCC4(C)C3CCC12C. The highest BCUT2D eigenvalue weighted by Crippen LogP contribution is 2.68. The first-order valence-corrected chi connectivity index (χ1v) is 18.7. The molecule has 0 aromatic rings. The molecule has 4 saturated carbocycles. The van der Waals surface area contributed by atoms with E-state index in [2.05, 4.69) is 50.6 Å². The van der Waals surface area contributed by atoms with Crippen molar-refractivity contribution < 1.29 is 5.11 Å². The lowest BCUT2D eigenvalue weighted by atomic mass is 9.43. The van der Waals surface area contributed by atoms with E-state index in [0.29, 0.717) is 22.8 Å². The predicted octanol–water partition coefficient (Wildman–Crippen LogP) is 6.74. The number of aliphatic hydroxyl groups is 1. The molecule has 5 heteroatoms. The van der Waals surface area contributed by atoms with Gasteiger partial charge in [-0.25, -0.2) is 0 Å². The van der Waals surface area contributed by atoms with Crippen LogP contribution in [0.15, 0.2) is 0 Å². The molecule has 10 atom stereocenters. The molecule has 6 N–H and O–H groups in total. The second-order valence-corrected chi connectivity index (χ2v) is 16.4. The number of hydrogen-bond acceptors (Lipinski definition) is 5. The fraction of sp³-hybridized carbons (Fsp3) is 1.00. The highest BCUT2D eigenvalue weighted by atomic mass is 16.3. The summed E-state index contributed by atoms with van der Waals surface area (Å²) in [5.74, 6) is 5.93. The van der Waals surface area contributed by atoms with Gasteiger partial charge < -0.3 is 26.8 Å². The predicted molar refractivity (Wildman–Crippen MR) is 180 cm³/mol. The second kappa shape index (κ2) is 16.4. The number of fused-ring (bicyclic) bond motifs is 5. The van der Waals surface area contributed by atoms with Crippen LogP contribution in [-0.2, 0) is 0 Å². The van der Waals surface area contributed by atoms with Crippen molar-refractivity contribution in [2.45, 2.75) is 143 Å². The molecular weight excluding hydrogens is 516 g/mol. The van der Waals surface area contributed by atoms with Crippen LogP contribution in [0.2, 0.25) is 0 Å². The van der Waals surface area contributed by atoms with Crippen molar-refractivity contribution >= 4 is 0 Å². The maximum Gasteiger partial charge on any atom is 0.0543 e. The van der Waals surface area contributed by atoms with Gasteiger partial charge in [-0.15, -0.1) is 0 Å². The average Bonchev–Trinajstić information content (AvgIpc) is 3.31. The van der Waals surface area contributed by atoms with Crippen molar-refractivity contribution in [2.75, 3.05) is 39.3 Å². The lowest BCUT2D eigenvalue weighted by molar-refractivity contribution is -0.141. The van der Waals surface area contributed by atoms with Crippen LogP contribution >= 0.6 is 0 Å². The van der Waals surface area contributed by atoms with E-state index in [1.807, 2.05) is 0 Å². The van der Waals surface area contributed by atoms with Crippen LogP contribution in [0.3, 0.4) is 0 Å². The molecule has 0 aromatic heterocycles. The summed E-state index contributed by atoms with van der Waals surface area (Å²) in [6.07, 6.45) is 19.4. The molecule has 0 amide bonds. The zero-order chi connectivity index (χ0) is 30.2. The Hall–Kier alpha value is -0.200. The third kappa shape index (κ3) is 8.33. The van der Waals surface area contributed by atoms with E-state index >= 15 is 0 Å². The minimum absolute atomic E-state index is 0.0909. The molecule has 4 rings (SSSR count). The summed E-state index contributed by atoms with van der Waals surface area (Å²) < 4.78 is 0. The smallest absolute Gasteiger partial charge is 0.0543 e. The second-order valence-electron chi connectivity index (χ2n) is 16.4. The largest absolute Gasteiger partial charge is 0.393 e. The van der Waals surface area contributed by atoms with Gasteiger partial charge in [0, 0.05) is 6.04 Å². The van der Waals surface area contributed by atoms with Crippen molar-refractivity contribution in [1.82, 2.24) is 16.0 Å². The third-order valence-electron chi connectivity index (χ3n) is 13.3. The zero-order valence-electron chi connectivity index (χ0n) is 28.6. The Bertz CT molecular complexity index is 777. The van der Waals surface area contributed by atoms with Crippen molar-refractivity contribution in [1.29, 1.82) is 0 Å². The Labute approximate surface area is 261 Å². The minimum atomic E-state index is -0.0909. The number of unbranched alkanes of at least 4 members (excludes halogenated alkanes) is 1. The van der Waals surface area contributed by atoms with Gasteiger partial charge >= 0.3 is 0 Å². The molecule has 0 aromatic carbocycles. The van der Waals surface area contributed by atoms with Gasteiger partial charge in [-0.05, 0) is 169 Å². The number of nitrogens with two attached hydrogens (primary N) is 1. The van der Waals surface area contributed by atoms with Crippen molar-refractivity contribution in [3.8, 4) is 0 Å². The fourth-order valence-electron chi connectivity index (χ4n) is 11.0. The van der Waals surface area contributed by atoms with E-state index in [0.717, 1.165) is 94.0 Å². The van der Waals surface area contributed by atoms with E-state index in [-0.39, 0.29) is 6.10 Å². The van der Waals surface area contributed by atoms with E-state index in [4.69, 9.17) is 5.73 Å². The van der Waals surface area contributed by atoms with Crippen molar-refractivity contribution in [3.05, 3.63) is 0 Å². The summed E-state index contributed by atoms with van der Waals surface area (Å²) in [7, 11) is 0. The van der Waals surface area contributed by atoms with Crippen LogP contribution in [0.5, 0.6) is 0 Å². The van der Waals surface area contributed by atoms with Gasteiger partial charge in [-0.3, -0.25) is 0 Å². The molecule has 0 heterocycles. The maximum absolute atomic E-state index is 10.8. The molecule has 0 bridgehead atoms. The molecule has 4 fully saturated rings. The minimum Gasteiger partial charge on any atom is -0.393 e. The lowest BCUT2D eigenvalue weighted by Gasteiger charge is -2.63. The first kappa shape index (κ1) is 34.7. The summed E-state index contributed by atoms with van der Waals surface area (Å²) in [6, 6.07) is 0.579. The molecule has 0 saturated heterocycles. The molecule has 4 aliphatic rings. The number of rotatable bonds is 18. The molecule has 42 heavy (non-hydrogen) atoms. The van der Waals surface area contributed by atoms with Crippen LogP contribution in [0.1, 0.15) is 131 Å². The standard InChI is InChI=1S/C37H72N4O/c1-27(2)11-8-12-28(3)31-13-14-32-30-26-35(41-24-10-23-40-21-7-6-20-39-22-9-19-38)34-25-29(42)15-17-37(34,5)33(30)16-18-36(31,32)4/h27-35,39-42H,6-26,38H2,1-5H3. The van der Waals surface area contributed by atoms with Crippen molar-refractivity contribution in [2.24, 2.45) is 58.0 Å². The van der Waals surface area contributed by atoms with Gasteiger partial charge in [0.25, 0.3) is 0 Å². The topological polar surface area (TPSA) is 82.3 Å². The average molecular weight is 589 g/mol. The van der Waals surface area contributed by atoms with Crippen LogP contribution < -0.4 is 21.7 Å². The summed E-state index contributed by atoms with van der Waals surface area (Å²) in [5, 5.41) is 22.1. The van der Waals surface area contributed by atoms with E-state index < -0.39 is 0 Å². The van der Waals surface area contributed by atoms with Gasteiger partial charge in [-0.1, -0.05) is 53.9 Å². The normalized spacial score (nSPS) is 38.7. The molecule has 10 unspecified atom stereocenters. The van der Waals surface area contributed by atoms with E-state index in [9.17, 15) is 5.11 Å². The van der Waals surface area contributed by atoms with Gasteiger partial charge in [0.1, 0.15) is 0 Å². The quantitative estimate of drug-likeness (QED) is 0.115. The molecule has 5 nitrogen and oxygen atoms in total. The van der Waals surface area contributed by atoms with Crippen LogP contribution in [0.25, 0.3) is 0 Å². The van der Waals surface area contributed by atoms with E-state index in [1.54, 1.807) is 0 Å². The Morgan fingerprint density at radius 3 is 2.10 bits per heavy atom. The number of aliphatic hydroxyl groups excluding tert-OH is 1. The molecular formula is C37H72N4O. The van der Waals surface area contributed by atoms with Gasteiger partial charge in [0.2, 0.25) is 0 Å². The molecule has 0 radical (unpaired) electrons. The van der Waals surface area contributed by atoms with Gasteiger partial charge in [0.05, 0.1) is 6.10 Å². The first-order chi connectivity index (χ1) is 20.2. The summed E-state index contributed by atoms with van der Waals surface area (Å²) >= 11 is 0. The highest BCUT2D eigenvalue weighted by Gasteiger charge is 2.62. The number of hydrogen-bond donors (Lipinski definition) is 5. The Kier molecular flexibility index (Phi) is 13.5. The zero-order valence-corrected chi connectivity index (χ0v) is 28.6. The monoisotopic (exact) mass is 589 g/mol. The first-order valence-electron chi connectivity index (χ1n) is 18.7. The Morgan fingerprint density at radius 1 is 0.714 bits per heavy atom. The van der Waals surface area contributed by atoms with Gasteiger partial charge in [-0.2, -0.15) is 0 Å². The Balaban J connectivity index is 1.30. The van der Waals surface area contributed by atoms with E-state index in [1.165, 1.54) is 77.0 Å². The molecule has 246 valence electrons. The van der Waals surface area contributed by atoms with Crippen molar-refractivity contribution in [3.63, 3.8) is 0 Å². The van der Waals surface area contributed by atoms with Crippen LogP contribution in [0.4, 0.5) is 0 Å². The molecule has 4 aliphatic carbocycles. The van der Waals surface area contributed by atoms with Crippen LogP contribution in [0, 0.1) is 52.3 Å². The summed E-state index contributed by atoms with van der Waals surface area (Å²) in [4.78, 5) is 0. The third-order valence-corrected chi connectivity index (χ3v) is 13.3. The Morgan fingerprint density at radius 2 is 1.38 bits per heavy atom. The molecule has 0 spiro atoms. The summed E-state index contributed by atoms with van der Waals surface area (Å²) in [6.45, 7) is 19.0. The van der Waals surface area contributed by atoms with Gasteiger partial charge in [0.15, 0.2) is 0 Å². The summed E-state index contributed by atoms with van der Waals surface area (Å²) in [5.41, 5.74) is 6.51. The maximum atomic E-state index is 10.8. The highest BCUT2D eigenvalue weighted by molar-refractivity contribution is 5.12. The number of nitrogens with one attached hydrogen (secondary N) is 3. The van der Waals surface area contributed by atoms with Crippen LogP contribution in [-0.4, -0.2) is 56.5 Å².